The normalized spacial score (nSPS) is 19.5. The van der Waals surface area contributed by atoms with Crippen LogP contribution >= 0.6 is 11.5 Å². The standard InChI is InChI=1S/C15H22N6S/c1-2-6-20(7-3-1)8-9-21-11-13(10-16-21)17-15-18-14(19-22-15)12-4-5-12/h10-12H,1-9H2,(H,17,18,19). The molecule has 7 heteroatoms. The van der Waals surface area contributed by atoms with Gasteiger partial charge in [0.05, 0.1) is 18.4 Å². The molecule has 0 atom stereocenters. The topological polar surface area (TPSA) is 58.9 Å². The zero-order valence-corrected chi connectivity index (χ0v) is 13.6. The first kappa shape index (κ1) is 14.1. The molecule has 2 aromatic rings. The number of rotatable bonds is 6. The highest BCUT2D eigenvalue weighted by molar-refractivity contribution is 7.09. The van der Waals surface area contributed by atoms with Gasteiger partial charge in [0.15, 0.2) is 0 Å². The fraction of sp³-hybridized carbons (Fsp3) is 0.667. The maximum Gasteiger partial charge on any atom is 0.207 e. The lowest BCUT2D eigenvalue weighted by Crippen LogP contribution is -2.32. The predicted molar refractivity (Wildman–Crippen MR) is 87.7 cm³/mol. The van der Waals surface area contributed by atoms with E-state index >= 15 is 0 Å². The van der Waals surface area contributed by atoms with Gasteiger partial charge in [-0.05, 0) is 38.8 Å². The summed E-state index contributed by atoms with van der Waals surface area (Å²) in [5.41, 5.74) is 0.997. The van der Waals surface area contributed by atoms with Crippen LogP contribution in [0.4, 0.5) is 10.8 Å². The Labute approximate surface area is 134 Å². The molecule has 4 rings (SSSR count). The molecule has 22 heavy (non-hydrogen) atoms. The van der Waals surface area contributed by atoms with Crippen LogP contribution in [0.1, 0.15) is 43.8 Å². The number of nitrogens with one attached hydrogen (secondary N) is 1. The molecule has 118 valence electrons. The molecule has 2 aliphatic rings. The van der Waals surface area contributed by atoms with Gasteiger partial charge in [-0.15, -0.1) is 0 Å². The van der Waals surface area contributed by atoms with Crippen molar-refractivity contribution in [3.63, 3.8) is 0 Å². The number of hydrogen-bond donors (Lipinski definition) is 1. The van der Waals surface area contributed by atoms with E-state index in [-0.39, 0.29) is 0 Å². The fourth-order valence-corrected chi connectivity index (χ4v) is 3.56. The van der Waals surface area contributed by atoms with Gasteiger partial charge in [0.2, 0.25) is 5.13 Å². The summed E-state index contributed by atoms with van der Waals surface area (Å²) in [5.74, 6) is 1.61. The van der Waals surface area contributed by atoms with E-state index in [1.54, 1.807) is 0 Å². The van der Waals surface area contributed by atoms with Gasteiger partial charge < -0.3 is 10.2 Å². The molecule has 1 N–H and O–H groups in total. The first-order chi connectivity index (χ1) is 10.9. The van der Waals surface area contributed by atoms with Crippen molar-refractivity contribution in [2.75, 3.05) is 25.0 Å². The van der Waals surface area contributed by atoms with E-state index in [0.29, 0.717) is 5.92 Å². The summed E-state index contributed by atoms with van der Waals surface area (Å²) in [7, 11) is 0. The zero-order valence-electron chi connectivity index (χ0n) is 12.7. The van der Waals surface area contributed by atoms with Crippen LogP contribution in [0.2, 0.25) is 0 Å². The predicted octanol–water partition coefficient (Wildman–Crippen LogP) is 2.84. The summed E-state index contributed by atoms with van der Waals surface area (Å²) in [4.78, 5) is 7.08. The fourth-order valence-electron chi connectivity index (χ4n) is 2.89. The van der Waals surface area contributed by atoms with Crippen LogP contribution in [0.3, 0.4) is 0 Å². The van der Waals surface area contributed by atoms with Gasteiger partial charge in [0.25, 0.3) is 0 Å². The Bertz CT molecular complexity index is 611. The molecular formula is C15H22N6S. The molecular weight excluding hydrogens is 296 g/mol. The maximum atomic E-state index is 4.55. The van der Waals surface area contributed by atoms with Crippen LogP contribution in [0.5, 0.6) is 0 Å². The number of nitrogens with zero attached hydrogens (tertiary/aromatic N) is 5. The molecule has 0 aromatic carbocycles. The first-order valence-electron chi connectivity index (χ1n) is 8.22. The van der Waals surface area contributed by atoms with Crippen LogP contribution in [-0.4, -0.2) is 43.7 Å². The summed E-state index contributed by atoms with van der Waals surface area (Å²) in [6.07, 6.45) is 10.5. The minimum atomic E-state index is 0.610. The highest BCUT2D eigenvalue weighted by Gasteiger charge is 2.27. The number of aromatic nitrogens is 4. The Hall–Kier alpha value is -1.47. The number of hydrogen-bond acceptors (Lipinski definition) is 6. The molecule has 0 spiro atoms. The highest BCUT2D eigenvalue weighted by atomic mass is 32.1. The minimum absolute atomic E-state index is 0.610. The lowest BCUT2D eigenvalue weighted by Gasteiger charge is -2.26. The van der Waals surface area contributed by atoms with Crippen molar-refractivity contribution in [3.8, 4) is 0 Å². The van der Waals surface area contributed by atoms with Crippen molar-refractivity contribution in [1.29, 1.82) is 0 Å². The highest BCUT2D eigenvalue weighted by Crippen LogP contribution is 2.39. The number of anilines is 2. The Morgan fingerprint density at radius 2 is 2.05 bits per heavy atom. The second-order valence-corrected chi connectivity index (χ2v) is 7.00. The minimum Gasteiger partial charge on any atom is -0.328 e. The van der Waals surface area contributed by atoms with Crippen molar-refractivity contribution in [2.45, 2.75) is 44.6 Å². The molecule has 1 saturated heterocycles. The first-order valence-corrected chi connectivity index (χ1v) is 8.99. The smallest absolute Gasteiger partial charge is 0.207 e. The largest absolute Gasteiger partial charge is 0.328 e. The van der Waals surface area contributed by atoms with Gasteiger partial charge in [-0.2, -0.15) is 9.47 Å². The molecule has 3 heterocycles. The van der Waals surface area contributed by atoms with Gasteiger partial charge in [0.1, 0.15) is 5.82 Å². The van der Waals surface area contributed by atoms with Crippen molar-refractivity contribution >= 4 is 22.4 Å². The third-order valence-electron chi connectivity index (χ3n) is 4.36. The Morgan fingerprint density at radius 3 is 2.86 bits per heavy atom. The van der Waals surface area contributed by atoms with Crippen molar-refractivity contribution < 1.29 is 0 Å². The average molecular weight is 318 g/mol. The monoisotopic (exact) mass is 318 g/mol. The van der Waals surface area contributed by atoms with Crippen molar-refractivity contribution in [1.82, 2.24) is 24.0 Å². The summed E-state index contributed by atoms with van der Waals surface area (Å²) in [6, 6.07) is 0. The second kappa shape index (κ2) is 6.34. The molecule has 0 radical (unpaired) electrons. The summed E-state index contributed by atoms with van der Waals surface area (Å²) < 4.78 is 6.43. The molecule has 2 aromatic heterocycles. The van der Waals surface area contributed by atoms with Gasteiger partial charge in [-0.1, -0.05) is 6.42 Å². The van der Waals surface area contributed by atoms with Crippen molar-refractivity contribution in [3.05, 3.63) is 18.2 Å². The third kappa shape index (κ3) is 3.47. The molecule has 2 fully saturated rings. The average Bonchev–Trinajstić information content (AvgIpc) is 3.14. The van der Waals surface area contributed by atoms with Gasteiger partial charge >= 0.3 is 0 Å². The van der Waals surface area contributed by atoms with Crippen LogP contribution < -0.4 is 5.32 Å². The second-order valence-electron chi connectivity index (χ2n) is 6.25. The van der Waals surface area contributed by atoms with E-state index < -0.39 is 0 Å². The zero-order chi connectivity index (χ0) is 14.8. The van der Waals surface area contributed by atoms with E-state index in [1.807, 2.05) is 10.9 Å². The SMILES string of the molecule is c1nn(CCN2CCCCC2)cc1Nc1nc(C2CC2)ns1. The van der Waals surface area contributed by atoms with Gasteiger partial charge in [-0.25, -0.2) is 4.98 Å². The molecule has 6 nitrogen and oxygen atoms in total. The quantitative estimate of drug-likeness (QED) is 0.887. The molecule has 0 bridgehead atoms. The molecule has 1 aliphatic carbocycles. The van der Waals surface area contributed by atoms with Crippen LogP contribution in [0.25, 0.3) is 0 Å². The summed E-state index contributed by atoms with van der Waals surface area (Å²) in [6.45, 7) is 4.51. The Balaban J connectivity index is 1.30. The molecule has 0 unspecified atom stereocenters. The molecule has 1 aliphatic heterocycles. The molecule has 0 amide bonds. The number of piperidine rings is 1. The molecule has 1 saturated carbocycles. The van der Waals surface area contributed by atoms with E-state index in [9.17, 15) is 0 Å². The third-order valence-corrected chi connectivity index (χ3v) is 5.01. The van der Waals surface area contributed by atoms with E-state index in [1.165, 1.54) is 56.7 Å². The summed E-state index contributed by atoms with van der Waals surface area (Å²) >= 11 is 1.44. The Morgan fingerprint density at radius 1 is 1.18 bits per heavy atom. The lowest BCUT2D eigenvalue weighted by molar-refractivity contribution is 0.218. The lowest BCUT2D eigenvalue weighted by atomic mass is 10.1. The van der Waals surface area contributed by atoms with E-state index in [0.717, 1.165) is 29.7 Å². The van der Waals surface area contributed by atoms with E-state index in [2.05, 4.69) is 30.9 Å². The maximum absolute atomic E-state index is 4.55. The van der Waals surface area contributed by atoms with Crippen LogP contribution in [-0.2, 0) is 6.54 Å². The Kier molecular flexibility index (Phi) is 4.07. The van der Waals surface area contributed by atoms with Gasteiger partial charge in [0, 0.05) is 30.2 Å². The van der Waals surface area contributed by atoms with E-state index in [4.69, 9.17) is 0 Å². The summed E-state index contributed by atoms with van der Waals surface area (Å²) in [5, 5.41) is 8.62. The van der Waals surface area contributed by atoms with Gasteiger partial charge in [-0.3, -0.25) is 4.68 Å². The van der Waals surface area contributed by atoms with Crippen molar-refractivity contribution in [2.24, 2.45) is 0 Å². The number of likely N-dealkylation sites (tertiary alicyclic amines) is 1. The van der Waals surface area contributed by atoms with Crippen LogP contribution in [0, 0.1) is 0 Å². The van der Waals surface area contributed by atoms with Crippen LogP contribution in [0.15, 0.2) is 12.4 Å².